The van der Waals surface area contributed by atoms with Gasteiger partial charge in [-0.05, 0) is 37.5 Å². The third-order valence-corrected chi connectivity index (χ3v) is 4.92. The summed E-state index contributed by atoms with van der Waals surface area (Å²) >= 11 is 0. The van der Waals surface area contributed by atoms with Crippen LogP contribution in [0.2, 0.25) is 0 Å². The molecule has 0 aromatic heterocycles. The van der Waals surface area contributed by atoms with Crippen molar-refractivity contribution in [3.8, 4) is 0 Å². The highest BCUT2D eigenvalue weighted by atomic mass is 32.2. The molecule has 2 N–H and O–H groups in total. The molecule has 1 aliphatic rings. The fourth-order valence-electron chi connectivity index (χ4n) is 2.62. The van der Waals surface area contributed by atoms with E-state index in [4.69, 9.17) is 0 Å². The Morgan fingerprint density at radius 3 is 2.42 bits per heavy atom. The van der Waals surface area contributed by atoms with Gasteiger partial charge in [0, 0.05) is 34.5 Å². The topological polar surface area (TPSA) is 49.3 Å². The third-order valence-electron chi connectivity index (χ3n) is 3.98. The Morgan fingerprint density at radius 1 is 1.32 bits per heavy atom. The highest BCUT2D eigenvalue weighted by molar-refractivity contribution is 7.84. The summed E-state index contributed by atoms with van der Waals surface area (Å²) < 4.78 is 11.3. The molecule has 2 unspecified atom stereocenters. The summed E-state index contributed by atoms with van der Waals surface area (Å²) in [6.45, 7) is 2.74. The lowest BCUT2D eigenvalue weighted by Gasteiger charge is -2.25. The lowest BCUT2D eigenvalue weighted by atomic mass is 10.0. The van der Waals surface area contributed by atoms with Gasteiger partial charge in [0.2, 0.25) is 0 Å². The van der Waals surface area contributed by atoms with Crippen molar-refractivity contribution >= 4 is 10.8 Å². The summed E-state index contributed by atoms with van der Waals surface area (Å²) in [5.41, 5.74) is 0.648. The normalized spacial score (nSPS) is 21.2. The minimum atomic E-state index is -0.923. The van der Waals surface area contributed by atoms with Gasteiger partial charge in [-0.2, -0.15) is 0 Å². The van der Waals surface area contributed by atoms with Gasteiger partial charge in [0.05, 0.1) is 5.60 Å². The van der Waals surface area contributed by atoms with E-state index in [2.05, 4.69) is 12.2 Å². The third kappa shape index (κ3) is 3.88. The average Bonchev–Trinajstić information content (AvgIpc) is 2.83. The van der Waals surface area contributed by atoms with E-state index in [0.29, 0.717) is 6.54 Å². The molecule has 3 nitrogen and oxygen atoms in total. The standard InChI is InChI=1S/C15H23NO2S/c1-12(16-11-15(17)9-3-4-10-15)13-5-7-14(8-6-13)19(2)18/h5-8,12,16-17H,3-4,9-11H2,1-2H3. The summed E-state index contributed by atoms with van der Waals surface area (Å²) in [5.74, 6) is 0. The van der Waals surface area contributed by atoms with Crippen LogP contribution in [0.3, 0.4) is 0 Å². The smallest absolute Gasteiger partial charge is 0.0771 e. The van der Waals surface area contributed by atoms with Crippen molar-refractivity contribution in [2.75, 3.05) is 12.8 Å². The first kappa shape index (κ1) is 14.7. The Hall–Kier alpha value is -0.710. The SMILES string of the molecule is CC(NCC1(O)CCCC1)c1ccc(S(C)=O)cc1. The molecule has 0 saturated heterocycles. The van der Waals surface area contributed by atoms with Crippen LogP contribution in [0.5, 0.6) is 0 Å². The minimum Gasteiger partial charge on any atom is -0.389 e. The van der Waals surface area contributed by atoms with Gasteiger partial charge in [-0.15, -0.1) is 0 Å². The number of rotatable bonds is 5. The van der Waals surface area contributed by atoms with Gasteiger partial charge < -0.3 is 10.4 Å². The van der Waals surface area contributed by atoms with Gasteiger partial charge in [0.25, 0.3) is 0 Å². The van der Waals surface area contributed by atoms with Crippen molar-refractivity contribution in [3.63, 3.8) is 0 Å². The fraction of sp³-hybridized carbons (Fsp3) is 0.600. The van der Waals surface area contributed by atoms with Gasteiger partial charge in [-0.25, -0.2) is 0 Å². The molecule has 1 aromatic carbocycles. The highest BCUT2D eigenvalue weighted by Crippen LogP contribution is 2.29. The Balaban J connectivity index is 1.92. The van der Waals surface area contributed by atoms with Crippen molar-refractivity contribution in [1.29, 1.82) is 0 Å². The van der Waals surface area contributed by atoms with Crippen molar-refractivity contribution in [1.82, 2.24) is 5.32 Å². The maximum absolute atomic E-state index is 11.3. The second-order valence-corrected chi connectivity index (χ2v) is 6.94. The van der Waals surface area contributed by atoms with E-state index in [1.165, 1.54) is 0 Å². The summed E-state index contributed by atoms with van der Waals surface area (Å²) in [6, 6.07) is 8.03. The summed E-state index contributed by atoms with van der Waals surface area (Å²) in [7, 11) is -0.923. The Kier molecular flexibility index (Phi) is 4.76. The van der Waals surface area contributed by atoms with Crippen LogP contribution < -0.4 is 5.32 Å². The lowest BCUT2D eigenvalue weighted by Crippen LogP contribution is -2.39. The maximum Gasteiger partial charge on any atom is 0.0771 e. The van der Waals surface area contributed by atoms with Crippen molar-refractivity contribution in [2.45, 2.75) is 49.1 Å². The largest absolute Gasteiger partial charge is 0.389 e. The molecule has 0 amide bonds. The molecular weight excluding hydrogens is 258 g/mol. The quantitative estimate of drug-likeness (QED) is 0.871. The number of aliphatic hydroxyl groups is 1. The highest BCUT2D eigenvalue weighted by Gasteiger charge is 2.30. The predicted octanol–water partition coefficient (Wildman–Crippen LogP) is 2.38. The molecule has 0 aliphatic heterocycles. The summed E-state index contributed by atoms with van der Waals surface area (Å²) in [5, 5.41) is 13.7. The number of hydrogen-bond donors (Lipinski definition) is 2. The number of hydrogen-bond acceptors (Lipinski definition) is 3. The lowest BCUT2D eigenvalue weighted by molar-refractivity contribution is 0.0453. The first-order valence-corrected chi connectivity index (χ1v) is 8.45. The van der Waals surface area contributed by atoms with E-state index in [0.717, 1.165) is 36.1 Å². The van der Waals surface area contributed by atoms with Crippen LogP contribution in [0.1, 0.15) is 44.2 Å². The molecule has 2 atom stereocenters. The van der Waals surface area contributed by atoms with E-state index in [9.17, 15) is 9.32 Å². The van der Waals surface area contributed by atoms with Crippen molar-refractivity contribution < 1.29 is 9.32 Å². The second kappa shape index (κ2) is 6.16. The van der Waals surface area contributed by atoms with Crippen LogP contribution in [0.15, 0.2) is 29.2 Å². The first-order valence-electron chi connectivity index (χ1n) is 6.89. The van der Waals surface area contributed by atoms with Gasteiger partial charge >= 0.3 is 0 Å². The van der Waals surface area contributed by atoms with Crippen molar-refractivity contribution in [3.05, 3.63) is 29.8 Å². The minimum absolute atomic E-state index is 0.198. The van der Waals surface area contributed by atoms with Crippen LogP contribution in [0.25, 0.3) is 0 Å². The number of nitrogens with one attached hydrogen (secondary N) is 1. The molecule has 1 aromatic rings. The molecule has 4 heteroatoms. The van der Waals surface area contributed by atoms with E-state index in [1.54, 1.807) is 6.26 Å². The summed E-state index contributed by atoms with van der Waals surface area (Å²) in [6.07, 6.45) is 5.75. The molecule has 1 aliphatic carbocycles. The fourth-order valence-corrected chi connectivity index (χ4v) is 3.14. The Labute approximate surface area is 117 Å². The van der Waals surface area contributed by atoms with E-state index >= 15 is 0 Å². The molecule has 0 spiro atoms. The van der Waals surface area contributed by atoms with E-state index < -0.39 is 16.4 Å². The van der Waals surface area contributed by atoms with Crippen LogP contribution >= 0.6 is 0 Å². The average molecular weight is 281 g/mol. The molecule has 106 valence electrons. The van der Waals surface area contributed by atoms with Crippen LogP contribution in [0.4, 0.5) is 0 Å². The molecule has 0 radical (unpaired) electrons. The predicted molar refractivity (Wildman–Crippen MR) is 78.6 cm³/mol. The maximum atomic E-state index is 11.3. The van der Waals surface area contributed by atoms with Gasteiger partial charge in [-0.3, -0.25) is 4.21 Å². The first-order chi connectivity index (χ1) is 9.00. The van der Waals surface area contributed by atoms with Crippen LogP contribution in [0, 0.1) is 0 Å². The zero-order valence-electron chi connectivity index (χ0n) is 11.7. The van der Waals surface area contributed by atoms with Crippen LogP contribution in [-0.2, 0) is 10.8 Å². The number of benzene rings is 1. The molecule has 19 heavy (non-hydrogen) atoms. The van der Waals surface area contributed by atoms with Crippen LogP contribution in [-0.4, -0.2) is 27.7 Å². The molecule has 0 bridgehead atoms. The van der Waals surface area contributed by atoms with Gasteiger partial charge in [-0.1, -0.05) is 25.0 Å². The van der Waals surface area contributed by atoms with Gasteiger partial charge in [0.1, 0.15) is 0 Å². The Morgan fingerprint density at radius 2 is 1.89 bits per heavy atom. The molecule has 1 saturated carbocycles. The van der Waals surface area contributed by atoms with E-state index in [1.807, 2.05) is 24.3 Å². The molecule has 0 heterocycles. The molecule has 1 fully saturated rings. The van der Waals surface area contributed by atoms with Crippen molar-refractivity contribution in [2.24, 2.45) is 0 Å². The summed E-state index contributed by atoms with van der Waals surface area (Å²) in [4.78, 5) is 0.852. The zero-order valence-corrected chi connectivity index (χ0v) is 12.5. The zero-order chi connectivity index (χ0) is 13.9. The monoisotopic (exact) mass is 281 g/mol. The molecular formula is C15H23NO2S. The molecule has 2 rings (SSSR count). The van der Waals surface area contributed by atoms with E-state index in [-0.39, 0.29) is 6.04 Å². The Bertz CT molecular complexity index is 438. The second-order valence-electron chi connectivity index (χ2n) is 5.56. The van der Waals surface area contributed by atoms with Gasteiger partial charge in [0.15, 0.2) is 0 Å².